The molecule has 0 radical (unpaired) electrons. The molecule has 25 heavy (non-hydrogen) atoms. The molecule has 0 saturated heterocycles. The number of carbonyl (C=O) groups is 1. The van der Waals surface area contributed by atoms with Crippen molar-refractivity contribution in [2.75, 3.05) is 13.2 Å². The van der Waals surface area contributed by atoms with Crippen molar-refractivity contribution in [2.45, 2.75) is 71.1 Å². The highest BCUT2D eigenvalue weighted by Gasteiger charge is 1.94. The Labute approximate surface area is 154 Å². The normalized spacial score (nSPS) is 12.4. The summed E-state index contributed by atoms with van der Waals surface area (Å²) < 4.78 is 4.98. The Morgan fingerprint density at radius 1 is 0.760 bits per heavy atom. The molecule has 0 aliphatic rings. The Hall–Kier alpha value is -1.61. The predicted molar refractivity (Wildman–Crippen MR) is 107 cm³/mol. The first-order valence-electron chi connectivity index (χ1n) is 9.67. The van der Waals surface area contributed by atoms with Gasteiger partial charge in [0.15, 0.2) is 0 Å². The molecule has 1 N–H and O–H groups in total. The largest absolute Gasteiger partial charge is 0.480 e. The number of unbranched alkanes of at least 4 members (excludes halogenated alkanes) is 5. The van der Waals surface area contributed by atoms with E-state index in [4.69, 9.17) is 9.84 Å². The van der Waals surface area contributed by atoms with E-state index in [-0.39, 0.29) is 6.61 Å². The highest BCUT2D eigenvalue weighted by molar-refractivity contribution is 5.67. The van der Waals surface area contributed by atoms with Gasteiger partial charge in [-0.15, -0.1) is 0 Å². The van der Waals surface area contributed by atoms with Gasteiger partial charge >= 0.3 is 5.97 Å². The molecule has 0 saturated carbocycles. The summed E-state index contributed by atoms with van der Waals surface area (Å²) in [6.45, 7) is 2.57. The van der Waals surface area contributed by atoms with Crippen molar-refractivity contribution < 1.29 is 14.6 Å². The van der Waals surface area contributed by atoms with Gasteiger partial charge in [0.25, 0.3) is 0 Å². The average molecular weight is 349 g/mol. The molecule has 142 valence electrons. The van der Waals surface area contributed by atoms with E-state index < -0.39 is 5.97 Å². The highest BCUT2D eigenvalue weighted by atomic mass is 16.5. The SMILES string of the molecule is CCCCC/C=C\C/C=C\C/C=C\C/C=C\CCCCOCC(=O)O. The Kier molecular flexibility index (Phi) is 19.1. The molecule has 3 nitrogen and oxygen atoms in total. The summed E-state index contributed by atoms with van der Waals surface area (Å²) in [5, 5.41) is 8.42. The molecule has 0 fully saturated rings. The van der Waals surface area contributed by atoms with E-state index in [0.29, 0.717) is 6.61 Å². The smallest absolute Gasteiger partial charge is 0.329 e. The lowest BCUT2D eigenvalue weighted by Gasteiger charge is -1.99. The number of rotatable bonds is 17. The first-order chi connectivity index (χ1) is 12.3. The minimum atomic E-state index is -0.902. The first kappa shape index (κ1) is 23.4. The summed E-state index contributed by atoms with van der Waals surface area (Å²) in [6.07, 6.45) is 28.9. The van der Waals surface area contributed by atoms with Crippen LogP contribution in [0.2, 0.25) is 0 Å². The van der Waals surface area contributed by atoms with Crippen molar-refractivity contribution in [3.63, 3.8) is 0 Å². The molecule has 0 aromatic carbocycles. The minimum Gasteiger partial charge on any atom is -0.480 e. The molecule has 0 amide bonds. The maximum atomic E-state index is 10.2. The topological polar surface area (TPSA) is 46.5 Å². The van der Waals surface area contributed by atoms with E-state index >= 15 is 0 Å². The maximum absolute atomic E-state index is 10.2. The van der Waals surface area contributed by atoms with Crippen LogP contribution in [0.5, 0.6) is 0 Å². The Morgan fingerprint density at radius 2 is 1.24 bits per heavy atom. The third-order valence-electron chi connectivity index (χ3n) is 3.59. The van der Waals surface area contributed by atoms with Gasteiger partial charge in [-0.3, -0.25) is 0 Å². The zero-order chi connectivity index (χ0) is 18.4. The third kappa shape index (κ3) is 22.4. The molecular weight excluding hydrogens is 312 g/mol. The van der Waals surface area contributed by atoms with Crippen molar-refractivity contribution in [1.82, 2.24) is 0 Å². The van der Waals surface area contributed by atoms with Crippen LogP contribution in [0, 0.1) is 0 Å². The number of allylic oxidation sites excluding steroid dienone is 8. The van der Waals surface area contributed by atoms with Crippen LogP contribution in [0.3, 0.4) is 0 Å². The van der Waals surface area contributed by atoms with Crippen LogP contribution in [0.4, 0.5) is 0 Å². The second-order valence-electron chi connectivity index (χ2n) is 6.03. The van der Waals surface area contributed by atoms with Gasteiger partial charge in [0.2, 0.25) is 0 Å². The molecule has 0 aromatic heterocycles. The van der Waals surface area contributed by atoms with Crippen LogP contribution in [0.25, 0.3) is 0 Å². The molecule has 0 unspecified atom stereocenters. The fraction of sp³-hybridized carbons (Fsp3) is 0.591. The van der Waals surface area contributed by atoms with Crippen molar-refractivity contribution in [3.8, 4) is 0 Å². The van der Waals surface area contributed by atoms with Gasteiger partial charge in [-0.05, 0) is 51.4 Å². The van der Waals surface area contributed by atoms with Gasteiger partial charge in [-0.1, -0.05) is 68.4 Å². The van der Waals surface area contributed by atoms with Crippen molar-refractivity contribution in [2.24, 2.45) is 0 Å². The van der Waals surface area contributed by atoms with E-state index in [2.05, 4.69) is 55.5 Å². The molecular formula is C22H36O3. The fourth-order valence-electron chi connectivity index (χ4n) is 2.19. The number of hydrogen-bond acceptors (Lipinski definition) is 2. The van der Waals surface area contributed by atoms with E-state index in [9.17, 15) is 4.79 Å². The molecule has 0 spiro atoms. The van der Waals surface area contributed by atoms with Crippen LogP contribution in [0.15, 0.2) is 48.6 Å². The van der Waals surface area contributed by atoms with Gasteiger partial charge < -0.3 is 9.84 Å². The first-order valence-corrected chi connectivity index (χ1v) is 9.67. The summed E-state index contributed by atoms with van der Waals surface area (Å²) in [7, 11) is 0. The van der Waals surface area contributed by atoms with E-state index in [1.54, 1.807) is 0 Å². The number of aliphatic carboxylic acids is 1. The fourth-order valence-corrected chi connectivity index (χ4v) is 2.19. The van der Waals surface area contributed by atoms with Gasteiger partial charge in [0.05, 0.1) is 0 Å². The summed E-state index contributed by atoms with van der Waals surface area (Å²) in [6, 6.07) is 0. The molecule has 0 atom stereocenters. The molecule has 0 heterocycles. The summed E-state index contributed by atoms with van der Waals surface area (Å²) in [4.78, 5) is 10.2. The second-order valence-corrected chi connectivity index (χ2v) is 6.03. The lowest BCUT2D eigenvalue weighted by molar-refractivity contribution is -0.142. The lowest BCUT2D eigenvalue weighted by atomic mass is 10.2. The average Bonchev–Trinajstić information content (AvgIpc) is 2.60. The number of carboxylic acids is 1. The quantitative estimate of drug-likeness (QED) is 0.250. The standard InChI is InChI=1S/C22H36O3/c1-2-3-4-5-6-7-8-9-10-11-12-13-14-15-16-17-18-19-20-25-21-22(23)24/h6-7,9-10,12-13,15-16H,2-5,8,11,14,17-21H2,1H3,(H,23,24)/b7-6-,10-9-,13-12-,16-15-. The Balaban J connectivity index is 3.36. The van der Waals surface area contributed by atoms with Crippen LogP contribution in [0.1, 0.15) is 71.1 Å². The zero-order valence-corrected chi connectivity index (χ0v) is 15.9. The zero-order valence-electron chi connectivity index (χ0n) is 15.9. The summed E-state index contributed by atoms with van der Waals surface area (Å²) >= 11 is 0. The molecule has 0 aliphatic heterocycles. The van der Waals surface area contributed by atoms with Crippen LogP contribution in [-0.4, -0.2) is 24.3 Å². The Morgan fingerprint density at radius 3 is 1.72 bits per heavy atom. The van der Waals surface area contributed by atoms with E-state index in [0.717, 1.165) is 38.5 Å². The van der Waals surface area contributed by atoms with E-state index in [1.165, 1.54) is 25.7 Å². The molecule has 0 aromatic rings. The second kappa shape index (κ2) is 20.4. The molecule has 0 bridgehead atoms. The summed E-state index contributed by atoms with van der Waals surface area (Å²) in [5.41, 5.74) is 0. The Bertz CT molecular complexity index is 405. The predicted octanol–water partition coefficient (Wildman–Crippen LogP) is 6.23. The third-order valence-corrected chi connectivity index (χ3v) is 3.59. The molecule has 0 aliphatic carbocycles. The van der Waals surface area contributed by atoms with Crippen LogP contribution in [-0.2, 0) is 9.53 Å². The molecule has 3 heteroatoms. The van der Waals surface area contributed by atoms with Crippen LogP contribution >= 0.6 is 0 Å². The van der Waals surface area contributed by atoms with Crippen molar-refractivity contribution in [3.05, 3.63) is 48.6 Å². The maximum Gasteiger partial charge on any atom is 0.329 e. The summed E-state index contributed by atoms with van der Waals surface area (Å²) in [5.74, 6) is -0.902. The van der Waals surface area contributed by atoms with Gasteiger partial charge in [-0.2, -0.15) is 0 Å². The monoisotopic (exact) mass is 348 g/mol. The highest BCUT2D eigenvalue weighted by Crippen LogP contribution is 2.01. The lowest BCUT2D eigenvalue weighted by Crippen LogP contribution is -2.07. The van der Waals surface area contributed by atoms with Crippen molar-refractivity contribution >= 4 is 5.97 Å². The van der Waals surface area contributed by atoms with Gasteiger partial charge in [-0.25, -0.2) is 4.79 Å². The molecule has 0 rings (SSSR count). The van der Waals surface area contributed by atoms with Gasteiger partial charge in [0.1, 0.15) is 6.61 Å². The van der Waals surface area contributed by atoms with Gasteiger partial charge in [0, 0.05) is 6.61 Å². The van der Waals surface area contributed by atoms with Crippen molar-refractivity contribution in [1.29, 1.82) is 0 Å². The number of ether oxygens (including phenoxy) is 1. The van der Waals surface area contributed by atoms with Crippen LogP contribution < -0.4 is 0 Å². The minimum absolute atomic E-state index is 0.190. The van der Waals surface area contributed by atoms with E-state index in [1.807, 2.05) is 0 Å². The number of carboxylic acid groups (broad SMARTS) is 1. The number of hydrogen-bond donors (Lipinski definition) is 1.